The number of nitrogens with one attached hydrogen (secondary N) is 2. The van der Waals surface area contributed by atoms with Gasteiger partial charge >= 0.3 is 0 Å². The Hall–Kier alpha value is -2.47. The molecule has 29 heavy (non-hydrogen) atoms. The minimum Gasteiger partial charge on any atom is -0.380 e. The van der Waals surface area contributed by atoms with E-state index in [2.05, 4.69) is 10.6 Å². The van der Waals surface area contributed by atoms with Gasteiger partial charge in [-0.25, -0.2) is 0 Å². The number of nitrogens with zero attached hydrogens (tertiary/aromatic N) is 1. The molecule has 2 amide bonds. The molecule has 2 aromatic rings. The van der Waals surface area contributed by atoms with Crippen molar-refractivity contribution in [1.82, 2.24) is 10.2 Å². The van der Waals surface area contributed by atoms with Crippen LogP contribution in [0.4, 0.5) is 5.69 Å². The number of carbonyl (C=O) groups excluding carboxylic acids is 2. The molecule has 0 saturated carbocycles. The summed E-state index contributed by atoms with van der Waals surface area (Å²) in [5.41, 5.74) is 2.69. The number of anilines is 1. The number of rotatable bonds is 8. The molecule has 5 nitrogen and oxygen atoms in total. The average molecular weight is 412 g/mol. The second-order valence-electron chi connectivity index (χ2n) is 7.46. The highest BCUT2D eigenvalue weighted by Gasteiger charge is 2.31. The van der Waals surface area contributed by atoms with E-state index in [9.17, 15) is 9.59 Å². The van der Waals surface area contributed by atoms with Crippen molar-refractivity contribution in [3.63, 3.8) is 0 Å². The summed E-state index contributed by atoms with van der Waals surface area (Å²) in [5.74, 6) is 0.646. The third-order valence-corrected chi connectivity index (χ3v) is 5.78. The predicted octanol–water partition coefficient (Wildman–Crippen LogP) is 3.56. The molecule has 0 spiro atoms. The summed E-state index contributed by atoms with van der Waals surface area (Å²) in [4.78, 5) is 27.7. The van der Waals surface area contributed by atoms with Gasteiger partial charge in [0.1, 0.15) is 6.04 Å². The van der Waals surface area contributed by atoms with E-state index < -0.39 is 6.04 Å². The zero-order valence-electron chi connectivity index (χ0n) is 17.1. The molecule has 1 saturated heterocycles. The summed E-state index contributed by atoms with van der Waals surface area (Å²) in [6.45, 7) is 3.32. The van der Waals surface area contributed by atoms with Crippen LogP contribution in [0, 0.1) is 6.92 Å². The summed E-state index contributed by atoms with van der Waals surface area (Å²) in [6, 6.07) is 17.3. The third kappa shape index (κ3) is 6.00. The maximum Gasteiger partial charge on any atom is 0.251 e. The van der Waals surface area contributed by atoms with Crippen LogP contribution >= 0.6 is 11.8 Å². The van der Waals surface area contributed by atoms with E-state index in [1.54, 1.807) is 17.8 Å². The van der Waals surface area contributed by atoms with Gasteiger partial charge in [0.05, 0.1) is 0 Å². The van der Waals surface area contributed by atoms with Crippen molar-refractivity contribution < 1.29 is 9.59 Å². The number of hydrogen-bond donors (Lipinski definition) is 2. The van der Waals surface area contributed by atoms with Gasteiger partial charge in [-0.1, -0.05) is 35.9 Å². The summed E-state index contributed by atoms with van der Waals surface area (Å²) in [7, 11) is 0. The molecule has 2 unspecified atom stereocenters. The number of thioether (sulfide) groups is 1. The Balaban J connectivity index is 1.62. The number of benzene rings is 2. The SMILES string of the molecule is CSCCC(NC(=O)c1cccc(C)c1)C(=O)N1CCC(Nc2ccccc2)C1. The average Bonchev–Trinajstić information content (AvgIpc) is 3.19. The molecule has 0 radical (unpaired) electrons. The first-order valence-electron chi connectivity index (χ1n) is 10.0. The molecule has 6 heteroatoms. The Morgan fingerprint density at radius 1 is 1.17 bits per heavy atom. The number of para-hydroxylation sites is 1. The van der Waals surface area contributed by atoms with Crippen molar-refractivity contribution in [3.05, 3.63) is 65.7 Å². The van der Waals surface area contributed by atoms with Crippen molar-refractivity contribution >= 4 is 29.3 Å². The molecule has 1 heterocycles. The van der Waals surface area contributed by atoms with Crippen molar-refractivity contribution in [2.45, 2.75) is 31.8 Å². The standard InChI is InChI=1S/C23H29N3O2S/c1-17-7-6-8-18(15-17)22(27)25-21(12-14-29-2)23(28)26-13-11-20(16-26)24-19-9-4-3-5-10-19/h3-10,15,20-21,24H,11-14,16H2,1-2H3,(H,25,27). The van der Waals surface area contributed by atoms with Gasteiger partial charge in [-0.3, -0.25) is 9.59 Å². The molecule has 0 bridgehead atoms. The molecule has 0 aromatic heterocycles. The Kier molecular flexibility index (Phi) is 7.58. The van der Waals surface area contributed by atoms with Crippen LogP contribution in [-0.4, -0.2) is 53.9 Å². The fraction of sp³-hybridized carbons (Fsp3) is 0.391. The highest BCUT2D eigenvalue weighted by Crippen LogP contribution is 2.18. The first-order chi connectivity index (χ1) is 14.1. The lowest BCUT2D eigenvalue weighted by Crippen LogP contribution is -2.48. The van der Waals surface area contributed by atoms with Crippen LogP contribution in [0.5, 0.6) is 0 Å². The first kappa shape index (κ1) is 21.2. The van der Waals surface area contributed by atoms with Crippen LogP contribution in [0.1, 0.15) is 28.8 Å². The second kappa shape index (κ2) is 10.3. The zero-order chi connectivity index (χ0) is 20.6. The molecular weight excluding hydrogens is 382 g/mol. The summed E-state index contributed by atoms with van der Waals surface area (Å²) < 4.78 is 0. The fourth-order valence-corrected chi connectivity index (χ4v) is 4.06. The smallest absolute Gasteiger partial charge is 0.251 e. The van der Waals surface area contributed by atoms with Crippen LogP contribution in [-0.2, 0) is 4.79 Å². The molecule has 2 aromatic carbocycles. The lowest BCUT2D eigenvalue weighted by molar-refractivity contribution is -0.132. The lowest BCUT2D eigenvalue weighted by Gasteiger charge is -2.24. The number of amides is 2. The highest BCUT2D eigenvalue weighted by atomic mass is 32.2. The highest BCUT2D eigenvalue weighted by molar-refractivity contribution is 7.98. The predicted molar refractivity (Wildman–Crippen MR) is 120 cm³/mol. The monoisotopic (exact) mass is 411 g/mol. The van der Waals surface area contributed by atoms with Gasteiger partial charge in [-0.15, -0.1) is 0 Å². The van der Waals surface area contributed by atoms with Crippen LogP contribution in [0.15, 0.2) is 54.6 Å². The van der Waals surface area contributed by atoms with Gasteiger partial charge in [-0.2, -0.15) is 11.8 Å². The van der Waals surface area contributed by atoms with Gasteiger partial charge in [0, 0.05) is 30.4 Å². The Morgan fingerprint density at radius 3 is 2.69 bits per heavy atom. The first-order valence-corrected chi connectivity index (χ1v) is 11.4. The van der Waals surface area contributed by atoms with Gasteiger partial charge in [0.25, 0.3) is 5.91 Å². The third-order valence-electron chi connectivity index (χ3n) is 5.14. The van der Waals surface area contributed by atoms with Crippen molar-refractivity contribution in [2.24, 2.45) is 0 Å². The van der Waals surface area contributed by atoms with Gasteiger partial charge in [-0.05, 0) is 56.0 Å². The topological polar surface area (TPSA) is 61.4 Å². The molecule has 1 aliphatic heterocycles. The summed E-state index contributed by atoms with van der Waals surface area (Å²) >= 11 is 1.68. The molecule has 1 aliphatic rings. The maximum atomic E-state index is 13.2. The number of likely N-dealkylation sites (tertiary alicyclic amines) is 1. The van der Waals surface area contributed by atoms with Crippen LogP contribution in [0.2, 0.25) is 0 Å². The number of carbonyl (C=O) groups is 2. The van der Waals surface area contributed by atoms with E-state index in [0.29, 0.717) is 25.1 Å². The Bertz CT molecular complexity index is 828. The largest absolute Gasteiger partial charge is 0.380 e. The number of hydrogen-bond acceptors (Lipinski definition) is 4. The normalized spacial score (nSPS) is 17.0. The molecule has 2 N–H and O–H groups in total. The molecule has 2 atom stereocenters. The molecule has 1 fully saturated rings. The molecule has 0 aliphatic carbocycles. The van der Waals surface area contributed by atoms with E-state index in [0.717, 1.165) is 23.4 Å². The fourth-order valence-electron chi connectivity index (χ4n) is 3.59. The quantitative estimate of drug-likeness (QED) is 0.697. The Morgan fingerprint density at radius 2 is 1.97 bits per heavy atom. The van der Waals surface area contributed by atoms with E-state index in [4.69, 9.17) is 0 Å². The lowest BCUT2D eigenvalue weighted by atomic mass is 10.1. The zero-order valence-corrected chi connectivity index (χ0v) is 17.9. The minimum absolute atomic E-state index is 0.0115. The second-order valence-corrected chi connectivity index (χ2v) is 8.44. The molecule has 154 valence electrons. The van der Waals surface area contributed by atoms with Crippen LogP contribution in [0.3, 0.4) is 0 Å². The van der Waals surface area contributed by atoms with Gasteiger partial charge in [0.2, 0.25) is 5.91 Å². The van der Waals surface area contributed by atoms with Crippen molar-refractivity contribution in [1.29, 1.82) is 0 Å². The van der Waals surface area contributed by atoms with E-state index in [1.165, 1.54) is 0 Å². The van der Waals surface area contributed by atoms with E-state index >= 15 is 0 Å². The maximum absolute atomic E-state index is 13.2. The van der Waals surface area contributed by atoms with Crippen LogP contribution < -0.4 is 10.6 Å². The van der Waals surface area contributed by atoms with Gasteiger partial charge in [0.15, 0.2) is 0 Å². The molecule has 3 rings (SSSR count). The van der Waals surface area contributed by atoms with E-state index in [1.807, 2.05) is 66.6 Å². The number of aryl methyl sites for hydroxylation is 1. The van der Waals surface area contributed by atoms with Gasteiger partial charge < -0.3 is 15.5 Å². The van der Waals surface area contributed by atoms with Crippen molar-refractivity contribution in [2.75, 3.05) is 30.4 Å². The Labute approximate surface area is 177 Å². The van der Waals surface area contributed by atoms with E-state index in [-0.39, 0.29) is 17.9 Å². The summed E-state index contributed by atoms with van der Waals surface area (Å²) in [5, 5.41) is 6.47. The molecular formula is C23H29N3O2S. The minimum atomic E-state index is -0.495. The van der Waals surface area contributed by atoms with Crippen LogP contribution in [0.25, 0.3) is 0 Å². The summed E-state index contributed by atoms with van der Waals surface area (Å²) in [6.07, 6.45) is 3.55. The van der Waals surface area contributed by atoms with Crippen molar-refractivity contribution in [3.8, 4) is 0 Å².